The zero-order valence-electron chi connectivity index (χ0n) is 19.9. The fourth-order valence-electron chi connectivity index (χ4n) is 5.57. The average molecular weight is 492 g/mol. The van der Waals surface area contributed by atoms with E-state index in [1.807, 2.05) is 11.3 Å². The fourth-order valence-corrected chi connectivity index (χ4v) is 6.82. The van der Waals surface area contributed by atoms with Crippen molar-refractivity contribution < 1.29 is 4.42 Å². The first kappa shape index (κ1) is 20.6. The summed E-state index contributed by atoms with van der Waals surface area (Å²) in [5.74, 6) is 0. The van der Waals surface area contributed by atoms with Crippen LogP contribution in [-0.4, -0.2) is 0 Å². The summed E-state index contributed by atoms with van der Waals surface area (Å²) in [7, 11) is 0. The van der Waals surface area contributed by atoms with Crippen molar-refractivity contribution in [1.82, 2.24) is 0 Å². The van der Waals surface area contributed by atoms with E-state index >= 15 is 0 Å². The molecule has 0 aliphatic heterocycles. The third-order valence-corrected chi connectivity index (χ3v) is 8.43. The van der Waals surface area contributed by atoms with Crippen LogP contribution in [0.3, 0.4) is 0 Å². The van der Waals surface area contributed by atoms with Crippen molar-refractivity contribution in [3.05, 3.63) is 127 Å². The van der Waals surface area contributed by atoms with Gasteiger partial charge in [0.2, 0.25) is 0 Å². The number of hydrogen-bond donors (Lipinski definition) is 0. The number of furan rings is 1. The molecule has 8 rings (SSSR count). The van der Waals surface area contributed by atoms with Gasteiger partial charge in [0.05, 0.1) is 11.1 Å². The van der Waals surface area contributed by atoms with Gasteiger partial charge in [0.25, 0.3) is 0 Å². The van der Waals surface area contributed by atoms with Crippen molar-refractivity contribution in [3.63, 3.8) is 0 Å². The highest BCUT2D eigenvalue weighted by Crippen LogP contribution is 2.47. The van der Waals surface area contributed by atoms with Crippen molar-refractivity contribution >= 4 is 81.3 Å². The topological polar surface area (TPSA) is 16.4 Å². The van der Waals surface area contributed by atoms with E-state index < -0.39 is 0 Å². The van der Waals surface area contributed by atoms with E-state index in [1.54, 1.807) is 0 Å². The Hall–Kier alpha value is -4.60. The second kappa shape index (κ2) is 7.95. The van der Waals surface area contributed by atoms with E-state index in [-0.39, 0.29) is 0 Å². The van der Waals surface area contributed by atoms with Crippen molar-refractivity contribution in [3.8, 4) is 0 Å². The molecule has 3 heteroatoms. The van der Waals surface area contributed by atoms with Gasteiger partial charge in [-0.05, 0) is 65.4 Å². The molecule has 0 saturated heterocycles. The maximum absolute atomic E-state index is 6.47. The van der Waals surface area contributed by atoms with E-state index in [0.717, 1.165) is 33.6 Å². The second-order valence-corrected chi connectivity index (χ2v) is 10.4. The van der Waals surface area contributed by atoms with Gasteiger partial charge in [-0.3, -0.25) is 0 Å². The predicted molar refractivity (Wildman–Crippen MR) is 159 cm³/mol. The number of fused-ring (bicyclic) bond motifs is 8. The molecule has 174 valence electrons. The van der Waals surface area contributed by atoms with Crippen LogP contribution < -0.4 is 4.90 Å². The lowest BCUT2D eigenvalue weighted by Gasteiger charge is -2.26. The lowest BCUT2D eigenvalue weighted by molar-refractivity contribution is 0.669. The molecule has 8 aromatic rings. The Balaban J connectivity index is 1.49. The summed E-state index contributed by atoms with van der Waals surface area (Å²) in [5.41, 5.74) is 5.17. The molecule has 0 aliphatic carbocycles. The fraction of sp³-hybridized carbons (Fsp3) is 0. The van der Waals surface area contributed by atoms with Gasteiger partial charge in [0.1, 0.15) is 11.2 Å². The van der Waals surface area contributed by atoms with Crippen molar-refractivity contribution in [2.45, 2.75) is 0 Å². The summed E-state index contributed by atoms with van der Waals surface area (Å²) in [4.78, 5) is 2.36. The maximum Gasteiger partial charge on any atom is 0.137 e. The number of anilines is 3. The Morgan fingerprint density at radius 3 is 2.22 bits per heavy atom. The van der Waals surface area contributed by atoms with Gasteiger partial charge in [-0.2, -0.15) is 0 Å². The predicted octanol–water partition coefficient (Wildman–Crippen LogP) is 10.6. The van der Waals surface area contributed by atoms with Gasteiger partial charge in [0, 0.05) is 36.9 Å². The summed E-state index contributed by atoms with van der Waals surface area (Å²) in [6, 6.07) is 45.2. The molecule has 0 aliphatic rings. The minimum Gasteiger partial charge on any atom is -0.456 e. The average Bonchev–Trinajstić information content (AvgIpc) is 3.52. The lowest BCUT2D eigenvalue weighted by Crippen LogP contribution is -2.10. The molecule has 2 nitrogen and oxygen atoms in total. The summed E-state index contributed by atoms with van der Waals surface area (Å²) in [5, 5.41) is 7.36. The van der Waals surface area contributed by atoms with Crippen molar-refractivity contribution in [2.24, 2.45) is 0 Å². The van der Waals surface area contributed by atoms with Crippen LogP contribution in [0.4, 0.5) is 17.1 Å². The van der Waals surface area contributed by atoms with E-state index in [0.29, 0.717) is 0 Å². The molecule has 37 heavy (non-hydrogen) atoms. The van der Waals surface area contributed by atoms with Gasteiger partial charge in [-0.15, -0.1) is 11.3 Å². The molecule has 0 unspecified atom stereocenters. The quantitative estimate of drug-likeness (QED) is 0.244. The highest BCUT2D eigenvalue weighted by atomic mass is 32.1. The molecule has 2 heterocycles. The Morgan fingerprint density at radius 1 is 0.514 bits per heavy atom. The van der Waals surface area contributed by atoms with Gasteiger partial charge < -0.3 is 9.32 Å². The summed E-state index contributed by atoms with van der Waals surface area (Å²) in [6.45, 7) is 0. The molecule has 0 atom stereocenters. The van der Waals surface area contributed by atoms with Crippen LogP contribution in [0, 0.1) is 0 Å². The largest absolute Gasteiger partial charge is 0.456 e. The molecule has 0 N–H and O–H groups in total. The third kappa shape index (κ3) is 3.11. The SMILES string of the molecule is c1ccc(N(c2ccc3ccccc3c2)c2cccc3oc4ccc5c6ccccc6sc5c4c23)cc1. The number of hydrogen-bond acceptors (Lipinski definition) is 3. The first-order chi connectivity index (χ1) is 18.3. The van der Waals surface area contributed by atoms with Crippen molar-refractivity contribution in [2.75, 3.05) is 4.90 Å². The number of thiophene rings is 1. The Labute approximate surface area is 217 Å². The Kier molecular flexibility index (Phi) is 4.42. The van der Waals surface area contributed by atoms with E-state index in [1.165, 1.54) is 36.3 Å². The molecule has 2 aromatic heterocycles. The van der Waals surface area contributed by atoms with Crippen LogP contribution in [0.2, 0.25) is 0 Å². The highest BCUT2D eigenvalue weighted by Gasteiger charge is 2.21. The zero-order chi connectivity index (χ0) is 24.3. The molecular weight excluding hydrogens is 470 g/mol. The minimum atomic E-state index is 0.902. The smallest absolute Gasteiger partial charge is 0.137 e. The van der Waals surface area contributed by atoms with Gasteiger partial charge in [-0.1, -0.05) is 72.8 Å². The summed E-state index contributed by atoms with van der Waals surface area (Å²) < 4.78 is 9.04. The van der Waals surface area contributed by atoms with Crippen LogP contribution in [0.15, 0.2) is 132 Å². The normalized spacial score (nSPS) is 11.8. The molecule has 0 radical (unpaired) electrons. The van der Waals surface area contributed by atoms with E-state index in [9.17, 15) is 0 Å². The first-order valence-electron chi connectivity index (χ1n) is 12.4. The molecular formula is C34H21NOS. The number of rotatable bonds is 3. The molecule has 0 saturated carbocycles. The van der Waals surface area contributed by atoms with Crippen LogP contribution in [-0.2, 0) is 0 Å². The standard InChI is InChI=1S/C34H21NOS/c1-2-11-24(12-3-1)35(25-18-17-22-9-4-5-10-23(22)21-25)28-14-8-15-29-32(28)33-30(36-29)20-19-27-26-13-6-7-16-31(26)37-34(27)33/h1-21H. The second-order valence-electron chi connectivity index (χ2n) is 9.37. The maximum atomic E-state index is 6.47. The Bertz CT molecular complexity index is 2100. The number of nitrogens with zero attached hydrogens (tertiary/aromatic N) is 1. The van der Waals surface area contributed by atoms with E-state index in [4.69, 9.17) is 4.42 Å². The zero-order valence-corrected chi connectivity index (χ0v) is 20.7. The molecule has 0 spiro atoms. The molecule has 6 aromatic carbocycles. The van der Waals surface area contributed by atoms with Crippen LogP contribution >= 0.6 is 11.3 Å². The van der Waals surface area contributed by atoms with Gasteiger partial charge in [0.15, 0.2) is 0 Å². The third-order valence-electron chi connectivity index (χ3n) is 7.23. The highest BCUT2D eigenvalue weighted by molar-refractivity contribution is 7.26. The Morgan fingerprint density at radius 2 is 1.30 bits per heavy atom. The van der Waals surface area contributed by atoms with Crippen molar-refractivity contribution in [1.29, 1.82) is 0 Å². The number of benzene rings is 6. The van der Waals surface area contributed by atoms with Crippen LogP contribution in [0.25, 0.3) is 52.9 Å². The molecule has 0 amide bonds. The first-order valence-corrected chi connectivity index (χ1v) is 13.3. The van der Waals surface area contributed by atoms with Crippen LogP contribution in [0.1, 0.15) is 0 Å². The molecule has 0 fully saturated rings. The molecule has 0 bridgehead atoms. The lowest BCUT2D eigenvalue weighted by atomic mass is 10.0. The number of para-hydroxylation sites is 1. The van der Waals surface area contributed by atoms with Gasteiger partial charge >= 0.3 is 0 Å². The van der Waals surface area contributed by atoms with Gasteiger partial charge in [-0.25, -0.2) is 0 Å². The monoisotopic (exact) mass is 491 g/mol. The summed E-state index contributed by atoms with van der Waals surface area (Å²) in [6.07, 6.45) is 0. The van der Waals surface area contributed by atoms with E-state index in [2.05, 4.69) is 132 Å². The minimum absolute atomic E-state index is 0.902. The van der Waals surface area contributed by atoms with Crippen LogP contribution in [0.5, 0.6) is 0 Å². The summed E-state index contributed by atoms with van der Waals surface area (Å²) >= 11 is 1.85.